The minimum Gasteiger partial charge on any atom is -0.462 e. The summed E-state index contributed by atoms with van der Waals surface area (Å²) >= 11 is 0. The van der Waals surface area contributed by atoms with Crippen molar-refractivity contribution >= 4 is 17.9 Å². The molecule has 0 spiro atoms. The van der Waals surface area contributed by atoms with Crippen molar-refractivity contribution in [2.45, 2.75) is 245 Å². The molecule has 0 N–H and O–H groups in total. The van der Waals surface area contributed by atoms with Gasteiger partial charge in [-0.2, -0.15) is 0 Å². The second-order valence-corrected chi connectivity index (χ2v) is 19.1. The SMILES string of the molecule is CC/C=C\C/C=C\C/C=C\C/C=C\C/C=C\C/C=C\CCCCCCC(=O)OCC(COC(=O)CCCCC/C=C\C/C=C\C/C=C\CC)OC(=O)CCCCCCCCCC/C=C\C/C=C\C/C=C\C/C=C\CC. The Hall–Kier alpha value is -4.97. The minimum atomic E-state index is -0.815. The number of ether oxygens (including phenoxy) is 3. The van der Waals surface area contributed by atoms with Crippen LogP contribution in [0.2, 0.25) is 0 Å². The van der Waals surface area contributed by atoms with Gasteiger partial charge in [0.2, 0.25) is 0 Å². The van der Waals surface area contributed by atoms with Gasteiger partial charge in [0, 0.05) is 19.3 Å². The fourth-order valence-corrected chi connectivity index (χ4v) is 7.63. The van der Waals surface area contributed by atoms with Crippen molar-refractivity contribution in [1.29, 1.82) is 0 Å². The molecule has 75 heavy (non-hydrogen) atoms. The van der Waals surface area contributed by atoms with Crippen molar-refractivity contribution < 1.29 is 28.6 Å². The summed E-state index contributed by atoms with van der Waals surface area (Å²) in [6, 6.07) is 0. The van der Waals surface area contributed by atoms with Gasteiger partial charge in [0.15, 0.2) is 6.10 Å². The molecule has 0 fully saturated rings. The number of carbonyl (C=O) groups excluding carboxylic acids is 3. The van der Waals surface area contributed by atoms with Gasteiger partial charge in [0.1, 0.15) is 13.2 Å². The highest BCUT2D eigenvalue weighted by molar-refractivity contribution is 5.71. The van der Waals surface area contributed by atoms with Crippen LogP contribution in [-0.4, -0.2) is 37.2 Å². The minimum absolute atomic E-state index is 0.111. The molecule has 0 aliphatic heterocycles. The summed E-state index contributed by atoms with van der Waals surface area (Å²) in [5, 5.41) is 0. The Balaban J connectivity index is 4.48. The fraction of sp³-hybridized carbons (Fsp3) is 0.580. The summed E-state index contributed by atoms with van der Waals surface area (Å²) < 4.78 is 16.8. The first-order valence-electron chi connectivity index (χ1n) is 30.0. The zero-order chi connectivity index (χ0) is 54.3. The Morgan fingerprint density at radius 3 is 0.760 bits per heavy atom. The predicted molar refractivity (Wildman–Crippen MR) is 325 cm³/mol. The van der Waals surface area contributed by atoms with Gasteiger partial charge in [0.25, 0.3) is 0 Å². The number of rotatable bonds is 52. The Labute approximate surface area is 460 Å². The maximum absolute atomic E-state index is 12.9. The van der Waals surface area contributed by atoms with E-state index in [1.165, 1.54) is 32.1 Å². The molecule has 0 radical (unpaired) electrons. The van der Waals surface area contributed by atoms with Crippen molar-refractivity contribution in [3.8, 4) is 0 Å². The summed E-state index contributed by atoms with van der Waals surface area (Å²) in [5.74, 6) is -0.978. The van der Waals surface area contributed by atoms with E-state index in [4.69, 9.17) is 14.2 Å². The molecule has 6 heteroatoms. The van der Waals surface area contributed by atoms with E-state index in [2.05, 4.69) is 179 Å². The van der Waals surface area contributed by atoms with Crippen LogP contribution in [0.3, 0.4) is 0 Å². The summed E-state index contributed by atoms with van der Waals surface area (Å²) in [4.78, 5) is 38.2. The predicted octanol–water partition coefficient (Wildman–Crippen LogP) is 20.5. The van der Waals surface area contributed by atoms with Gasteiger partial charge in [-0.05, 0) is 141 Å². The van der Waals surface area contributed by atoms with Gasteiger partial charge < -0.3 is 14.2 Å². The monoisotopic (exact) mass is 1030 g/mol. The Morgan fingerprint density at radius 2 is 0.480 bits per heavy atom. The van der Waals surface area contributed by atoms with E-state index in [1.807, 2.05) is 0 Å². The third-order valence-electron chi connectivity index (χ3n) is 12.0. The van der Waals surface area contributed by atoms with Gasteiger partial charge in [-0.25, -0.2) is 0 Å². The Kier molecular flexibility index (Phi) is 57.5. The number of carbonyl (C=O) groups is 3. The van der Waals surface area contributed by atoms with Crippen LogP contribution in [0.1, 0.15) is 239 Å². The molecule has 0 saturated carbocycles. The third-order valence-corrected chi connectivity index (χ3v) is 12.0. The normalized spacial score (nSPS) is 13.3. The number of unbranched alkanes of at least 4 members (excludes halogenated alkanes) is 15. The first-order chi connectivity index (χ1) is 37.0. The van der Waals surface area contributed by atoms with E-state index in [-0.39, 0.29) is 31.1 Å². The molecule has 0 aromatic rings. The lowest BCUT2D eigenvalue weighted by atomic mass is 10.1. The van der Waals surface area contributed by atoms with Gasteiger partial charge in [-0.3, -0.25) is 14.4 Å². The molecule has 1 atom stereocenters. The van der Waals surface area contributed by atoms with E-state index in [0.717, 1.165) is 167 Å². The van der Waals surface area contributed by atoms with Gasteiger partial charge >= 0.3 is 17.9 Å². The van der Waals surface area contributed by atoms with Crippen molar-refractivity contribution in [3.05, 3.63) is 158 Å². The molecule has 0 saturated heterocycles. The molecular weight excluding hydrogens is 925 g/mol. The quantitative estimate of drug-likeness (QED) is 0.0261. The molecule has 0 aliphatic carbocycles. The largest absolute Gasteiger partial charge is 0.462 e. The fourth-order valence-electron chi connectivity index (χ4n) is 7.63. The van der Waals surface area contributed by atoms with Crippen LogP contribution in [0.25, 0.3) is 0 Å². The highest BCUT2D eigenvalue weighted by atomic mass is 16.6. The zero-order valence-electron chi connectivity index (χ0n) is 48.0. The lowest BCUT2D eigenvalue weighted by molar-refractivity contribution is -0.167. The van der Waals surface area contributed by atoms with E-state index in [9.17, 15) is 14.4 Å². The number of hydrogen-bond acceptors (Lipinski definition) is 6. The van der Waals surface area contributed by atoms with Crippen molar-refractivity contribution in [1.82, 2.24) is 0 Å². The van der Waals surface area contributed by atoms with Crippen molar-refractivity contribution in [2.24, 2.45) is 0 Å². The lowest BCUT2D eigenvalue weighted by Crippen LogP contribution is -2.30. The smallest absolute Gasteiger partial charge is 0.306 e. The molecule has 0 aromatic heterocycles. The van der Waals surface area contributed by atoms with Crippen LogP contribution in [0.5, 0.6) is 0 Å². The van der Waals surface area contributed by atoms with E-state index >= 15 is 0 Å². The van der Waals surface area contributed by atoms with Crippen molar-refractivity contribution in [2.75, 3.05) is 13.2 Å². The summed E-state index contributed by atoms with van der Waals surface area (Å²) in [6.45, 7) is 6.23. The molecule has 1 unspecified atom stereocenters. The second kappa shape index (κ2) is 61.6. The van der Waals surface area contributed by atoms with Crippen LogP contribution in [0.4, 0.5) is 0 Å². The van der Waals surface area contributed by atoms with Crippen LogP contribution in [0, 0.1) is 0 Å². The average Bonchev–Trinajstić information content (AvgIpc) is 3.41. The van der Waals surface area contributed by atoms with Crippen LogP contribution in [0.15, 0.2) is 158 Å². The maximum atomic E-state index is 12.9. The summed E-state index contributed by atoms with van der Waals surface area (Å²) in [7, 11) is 0. The van der Waals surface area contributed by atoms with Crippen LogP contribution >= 0.6 is 0 Å². The molecular formula is C69H108O6. The topological polar surface area (TPSA) is 78.9 Å². The van der Waals surface area contributed by atoms with Gasteiger partial charge in [-0.15, -0.1) is 0 Å². The molecule has 0 aromatic carbocycles. The second-order valence-electron chi connectivity index (χ2n) is 19.1. The number of allylic oxidation sites excluding steroid dienone is 26. The van der Waals surface area contributed by atoms with Gasteiger partial charge in [-0.1, -0.05) is 237 Å². The zero-order valence-corrected chi connectivity index (χ0v) is 48.0. The molecule has 420 valence electrons. The molecule has 6 nitrogen and oxygen atoms in total. The molecule has 0 heterocycles. The lowest BCUT2D eigenvalue weighted by Gasteiger charge is -2.18. The molecule has 0 bridgehead atoms. The summed E-state index contributed by atoms with van der Waals surface area (Å²) in [5.41, 5.74) is 0. The van der Waals surface area contributed by atoms with Crippen LogP contribution < -0.4 is 0 Å². The number of hydrogen-bond donors (Lipinski definition) is 0. The summed E-state index contributed by atoms with van der Waals surface area (Å²) in [6.07, 6.45) is 89.5. The highest BCUT2D eigenvalue weighted by Crippen LogP contribution is 2.14. The average molecular weight is 1030 g/mol. The molecule has 0 amide bonds. The highest BCUT2D eigenvalue weighted by Gasteiger charge is 2.19. The van der Waals surface area contributed by atoms with E-state index in [1.54, 1.807) is 0 Å². The number of esters is 3. The first-order valence-corrected chi connectivity index (χ1v) is 30.0. The first kappa shape index (κ1) is 70.0. The Bertz CT molecular complexity index is 1710. The van der Waals surface area contributed by atoms with Gasteiger partial charge in [0.05, 0.1) is 0 Å². The maximum Gasteiger partial charge on any atom is 0.306 e. The van der Waals surface area contributed by atoms with Crippen LogP contribution in [-0.2, 0) is 28.6 Å². The van der Waals surface area contributed by atoms with E-state index in [0.29, 0.717) is 19.3 Å². The third kappa shape index (κ3) is 59.8. The Morgan fingerprint density at radius 1 is 0.267 bits per heavy atom. The molecule has 0 rings (SSSR count). The van der Waals surface area contributed by atoms with Crippen molar-refractivity contribution in [3.63, 3.8) is 0 Å². The standard InChI is InChI=1S/C69H108O6/c1-4-7-10-13-16-19-22-25-27-29-31-33-34-36-37-39-41-44-47-50-53-56-59-62-68(71)74-65-66(64-73-67(70)61-58-55-52-49-46-43-24-21-18-15-12-9-6-3)75-69(72)63-60-57-54-51-48-45-42-40-38-35-32-30-28-26-23-20-17-14-11-8-5-2/h7-12,16-21,25-28,31-33,35-37,41,43-44,46,66H,4-6,13-15,22-24,29-30,34,38-40,42,45,47-65H2,1-3H3/b10-7-,11-8-,12-9-,19-16-,20-17-,21-18-,27-25-,28-26-,33-31-,35-32-,37-36-,44-41-,46-43-. The van der Waals surface area contributed by atoms with E-state index < -0.39 is 6.10 Å². The molecule has 0 aliphatic rings.